The van der Waals surface area contributed by atoms with Crippen LogP contribution in [0.5, 0.6) is 0 Å². The molecular weight excluding hydrogens is 308 g/mol. The molecule has 0 N–H and O–H groups in total. The number of nitrogens with zero attached hydrogens (tertiary/aromatic N) is 4. The van der Waals surface area contributed by atoms with Crippen molar-refractivity contribution in [1.29, 1.82) is 5.26 Å². The second kappa shape index (κ2) is 6.49. The first-order valence-electron chi connectivity index (χ1n) is 7.46. The van der Waals surface area contributed by atoms with Gasteiger partial charge in [0.1, 0.15) is 6.04 Å². The lowest BCUT2D eigenvalue weighted by Gasteiger charge is -2.19. The van der Waals surface area contributed by atoms with E-state index in [0.29, 0.717) is 18.5 Å². The third-order valence-electron chi connectivity index (χ3n) is 3.88. The fourth-order valence-electron chi connectivity index (χ4n) is 2.90. The highest BCUT2D eigenvalue weighted by atomic mass is 32.1. The molecule has 1 unspecified atom stereocenters. The van der Waals surface area contributed by atoms with Gasteiger partial charge in [0.15, 0.2) is 0 Å². The Balaban J connectivity index is 1.83. The van der Waals surface area contributed by atoms with Crippen LogP contribution in [0.2, 0.25) is 0 Å². The molecule has 23 heavy (non-hydrogen) atoms. The van der Waals surface area contributed by atoms with E-state index in [1.54, 1.807) is 22.4 Å². The second-order valence-electron chi connectivity index (χ2n) is 5.87. The van der Waals surface area contributed by atoms with Gasteiger partial charge >= 0.3 is 0 Å². The number of benzene rings is 1. The summed E-state index contributed by atoms with van der Waals surface area (Å²) in [5, 5.41) is 12.5. The molecule has 0 aliphatic carbocycles. The Hall–Kier alpha value is -2.23. The number of rotatable bonds is 5. The van der Waals surface area contributed by atoms with E-state index in [1.165, 1.54) is 0 Å². The van der Waals surface area contributed by atoms with Crippen LogP contribution in [0.1, 0.15) is 32.5 Å². The first kappa shape index (κ1) is 15.7. The van der Waals surface area contributed by atoms with Crippen molar-refractivity contribution < 1.29 is 4.79 Å². The van der Waals surface area contributed by atoms with Gasteiger partial charge in [-0.1, -0.05) is 12.1 Å². The quantitative estimate of drug-likeness (QED) is 0.847. The Morgan fingerprint density at radius 1 is 1.43 bits per heavy atom. The molecule has 0 bridgehead atoms. The van der Waals surface area contributed by atoms with Gasteiger partial charge in [0.2, 0.25) is 0 Å². The van der Waals surface area contributed by atoms with Gasteiger partial charge in [0.05, 0.1) is 11.1 Å². The van der Waals surface area contributed by atoms with Crippen LogP contribution < -0.4 is 0 Å². The molecule has 0 fully saturated rings. The third kappa shape index (κ3) is 3.11. The van der Waals surface area contributed by atoms with Crippen molar-refractivity contribution in [2.45, 2.75) is 19.0 Å². The molecule has 1 amide bonds. The smallest absolute Gasteiger partial charge is 0.255 e. The van der Waals surface area contributed by atoms with Gasteiger partial charge in [0.25, 0.3) is 5.91 Å². The molecule has 2 heterocycles. The Morgan fingerprint density at radius 2 is 2.26 bits per heavy atom. The average Bonchev–Trinajstić information content (AvgIpc) is 3.11. The van der Waals surface area contributed by atoms with Crippen molar-refractivity contribution in [2.75, 3.05) is 20.6 Å². The van der Waals surface area contributed by atoms with E-state index >= 15 is 0 Å². The Bertz CT molecular complexity index is 748. The van der Waals surface area contributed by atoms with Gasteiger partial charge in [-0.25, -0.2) is 4.98 Å². The highest BCUT2D eigenvalue weighted by molar-refractivity contribution is 7.09. The molecule has 1 aliphatic heterocycles. The normalized spacial score (nSPS) is 16.7. The molecule has 1 aromatic carbocycles. The molecule has 1 aliphatic rings. The van der Waals surface area contributed by atoms with E-state index in [-0.39, 0.29) is 5.91 Å². The predicted molar refractivity (Wildman–Crippen MR) is 89.0 cm³/mol. The first-order chi connectivity index (χ1) is 11.1. The molecule has 0 saturated heterocycles. The SMILES string of the molecule is CN(C)Cc1ccc2c(c1)C(C#N)N(CCc1nccs1)C2=O. The van der Waals surface area contributed by atoms with Gasteiger partial charge in [-0.15, -0.1) is 11.3 Å². The van der Waals surface area contributed by atoms with E-state index in [4.69, 9.17) is 0 Å². The number of nitriles is 1. The van der Waals surface area contributed by atoms with Crippen molar-refractivity contribution >= 4 is 17.2 Å². The largest absolute Gasteiger partial charge is 0.318 e. The first-order valence-corrected chi connectivity index (χ1v) is 8.34. The molecule has 0 spiro atoms. The monoisotopic (exact) mass is 326 g/mol. The maximum atomic E-state index is 12.6. The minimum absolute atomic E-state index is 0.0560. The lowest BCUT2D eigenvalue weighted by Crippen LogP contribution is -2.29. The zero-order chi connectivity index (χ0) is 16.4. The summed E-state index contributed by atoms with van der Waals surface area (Å²) >= 11 is 1.57. The Morgan fingerprint density at radius 3 is 2.91 bits per heavy atom. The topological polar surface area (TPSA) is 60.2 Å². The van der Waals surface area contributed by atoms with Crippen LogP contribution in [-0.2, 0) is 13.0 Å². The number of hydrogen-bond acceptors (Lipinski definition) is 5. The summed E-state index contributed by atoms with van der Waals surface area (Å²) in [7, 11) is 4.00. The van der Waals surface area contributed by atoms with Crippen LogP contribution in [-0.4, -0.2) is 41.3 Å². The third-order valence-corrected chi connectivity index (χ3v) is 4.72. The number of thiazole rings is 1. The van der Waals surface area contributed by atoms with Crippen LogP contribution in [0.3, 0.4) is 0 Å². The summed E-state index contributed by atoms with van der Waals surface area (Å²) in [4.78, 5) is 20.6. The number of carbonyl (C=O) groups excluding carboxylic acids is 1. The van der Waals surface area contributed by atoms with E-state index in [9.17, 15) is 10.1 Å². The number of fused-ring (bicyclic) bond motifs is 1. The van der Waals surface area contributed by atoms with Crippen molar-refractivity contribution in [1.82, 2.24) is 14.8 Å². The fourth-order valence-corrected chi connectivity index (χ4v) is 3.51. The van der Waals surface area contributed by atoms with Crippen molar-refractivity contribution in [3.05, 3.63) is 51.5 Å². The van der Waals surface area contributed by atoms with Gasteiger partial charge in [0, 0.05) is 42.2 Å². The van der Waals surface area contributed by atoms with Gasteiger partial charge < -0.3 is 9.80 Å². The summed E-state index contributed by atoms with van der Waals surface area (Å²) in [6.45, 7) is 1.31. The molecule has 0 radical (unpaired) electrons. The van der Waals surface area contributed by atoms with Crippen LogP contribution in [0.25, 0.3) is 0 Å². The fraction of sp³-hybridized carbons (Fsp3) is 0.353. The number of carbonyl (C=O) groups is 1. The van der Waals surface area contributed by atoms with Crippen molar-refractivity contribution in [3.8, 4) is 6.07 Å². The van der Waals surface area contributed by atoms with Crippen LogP contribution in [0, 0.1) is 11.3 Å². The number of aromatic nitrogens is 1. The lowest BCUT2D eigenvalue weighted by atomic mass is 10.0. The maximum absolute atomic E-state index is 12.6. The summed E-state index contributed by atoms with van der Waals surface area (Å²) < 4.78 is 0. The molecule has 1 atom stereocenters. The highest BCUT2D eigenvalue weighted by Crippen LogP contribution is 2.34. The molecule has 118 valence electrons. The summed E-state index contributed by atoms with van der Waals surface area (Å²) in [5.41, 5.74) is 2.60. The Labute approximate surface area is 139 Å². The van der Waals surface area contributed by atoms with Gasteiger partial charge in [-0.05, 0) is 25.7 Å². The molecular formula is C17H18N4OS. The van der Waals surface area contributed by atoms with Crippen LogP contribution >= 0.6 is 11.3 Å². The van der Waals surface area contributed by atoms with E-state index in [2.05, 4.69) is 16.0 Å². The highest BCUT2D eigenvalue weighted by Gasteiger charge is 2.36. The predicted octanol–water partition coefficient (Wildman–Crippen LogP) is 2.47. The number of amides is 1. The molecule has 5 nitrogen and oxygen atoms in total. The zero-order valence-corrected chi connectivity index (χ0v) is 14.0. The number of hydrogen-bond donors (Lipinski definition) is 0. The van der Waals surface area contributed by atoms with Gasteiger partial charge in [-0.3, -0.25) is 4.79 Å². The van der Waals surface area contributed by atoms with Crippen LogP contribution in [0.15, 0.2) is 29.8 Å². The second-order valence-corrected chi connectivity index (χ2v) is 6.84. The molecule has 2 aromatic rings. The average molecular weight is 326 g/mol. The standard InChI is InChI=1S/C17H18N4OS/c1-20(2)11-12-3-4-13-14(9-12)15(10-18)21(17(13)22)7-5-16-19-6-8-23-16/h3-4,6,8-9,15H,5,7,11H2,1-2H3. The minimum Gasteiger partial charge on any atom is -0.318 e. The summed E-state index contributed by atoms with van der Waals surface area (Å²) in [6, 6.07) is 7.60. The maximum Gasteiger partial charge on any atom is 0.255 e. The van der Waals surface area contributed by atoms with E-state index in [0.717, 1.165) is 22.7 Å². The zero-order valence-electron chi connectivity index (χ0n) is 13.2. The molecule has 3 rings (SSSR count). The lowest BCUT2D eigenvalue weighted by molar-refractivity contribution is 0.0759. The van der Waals surface area contributed by atoms with Crippen molar-refractivity contribution in [2.24, 2.45) is 0 Å². The summed E-state index contributed by atoms with van der Waals surface area (Å²) in [5.74, 6) is -0.0560. The minimum atomic E-state index is -0.500. The summed E-state index contributed by atoms with van der Waals surface area (Å²) in [6.07, 6.45) is 2.44. The molecule has 0 saturated carbocycles. The van der Waals surface area contributed by atoms with Crippen molar-refractivity contribution in [3.63, 3.8) is 0 Å². The van der Waals surface area contributed by atoms with Crippen LogP contribution in [0.4, 0.5) is 0 Å². The molecule has 6 heteroatoms. The van der Waals surface area contributed by atoms with E-state index in [1.807, 2.05) is 37.7 Å². The van der Waals surface area contributed by atoms with Gasteiger partial charge in [-0.2, -0.15) is 5.26 Å². The van der Waals surface area contributed by atoms with E-state index < -0.39 is 6.04 Å². The Kier molecular flexibility index (Phi) is 4.42. The molecule has 1 aromatic heterocycles.